The molecule has 4 aromatic rings. The molecule has 0 unspecified atom stereocenters. The fraction of sp³-hybridized carbons (Fsp3) is 0.273. The number of nitrogens with zero attached hydrogens (tertiary/aromatic N) is 6. The molecule has 0 amide bonds. The number of aromatic amines is 1. The van der Waals surface area contributed by atoms with Crippen molar-refractivity contribution in [3.63, 3.8) is 0 Å². The minimum absolute atomic E-state index is 0.559. The Morgan fingerprint density at radius 2 is 2.10 bits per heavy atom. The Bertz CT molecular complexity index is 1100. The van der Waals surface area contributed by atoms with Gasteiger partial charge in [-0.2, -0.15) is 10.2 Å². The van der Waals surface area contributed by atoms with Gasteiger partial charge in [0, 0.05) is 44.9 Å². The Morgan fingerprint density at radius 1 is 1.23 bits per heavy atom. The van der Waals surface area contributed by atoms with Crippen molar-refractivity contribution in [3.8, 4) is 17.3 Å². The summed E-state index contributed by atoms with van der Waals surface area (Å²) in [5, 5.41) is 15.0. The first-order valence-corrected chi connectivity index (χ1v) is 10.3. The summed E-state index contributed by atoms with van der Waals surface area (Å²) in [7, 11) is 2.02. The van der Waals surface area contributed by atoms with Crippen molar-refractivity contribution in [2.45, 2.75) is 19.9 Å². The van der Waals surface area contributed by atoms with E-state index in [9.17, 15) is 0 Å². The zero-order valence-corrected chi connectivity index (χ0v) is 17.7. The van der Waals surface area contributed by atoms with Crippen LogP contribution in [-0.4, -0.2) is 56.0 Å². The van der Waals surface area contributed by atoms with E-state index in [2.05, 4.69) is 37.4 Å². The smallest absolute Gasteiger partial charge is 0.216 e. The van der Waals surface area contributed by atoms with Crippen molar-refractivity contribution < 1.29 is 4.42 Å². The fourth-order valence-electron chi connectivity index (χ4n) is 3.17. The van der Waals surface area contributed by atoms with Crippen molar-refractivity contribution in [2.75, 3.05) is 20.1 Å². The molecule has 31 heavy (non-hydrogen) atoms. The summed E-state index contributed by atoms with van der Waals surface area (Å²) >= 11 is 0. The highest BCUT2D eigenvalue weighted by molar-refractivity contribution is 5.79. The molecule has 9 heteroatoms. The number of nitrogens with one attached hydrogen (secondary N) is 2. The van der Waals surface area contributed by atoms with Gasteiger partial charge in [0.25, 0.3) is 0 Å². The van der Waals surface area contributed by atoms with Crippen LogP contribution in [0.15, 0.2) is 70.5 Å². The summed E-state index contributed by atoms with van der Waals surface area (Å²) in [6, 6.07) is 13.7. The van der Waals surface area contributed by atoms with Gasteiger partial charge in [-0.15, -0.1) is 0 Å². The van der Waals surface area contributed by atoms with Gasteiger partial charge >= 0.3 is 0 Å². The lowest BCUT2D eigenvalue weighted by Crippen LogP contribution is -2.38. The van der Waals surface area contributed by atoms with Gasteiger partial charge in [-0.3, -0.25) is 10.1 Å². The van der Waals surface area contributed by atoms with Crippen LogP contribution < -0.4 is 5.32 Å². The first-order valence-electron chi connectivity index (χ1n) is 10.3. The van der Waals surface area contributed by atoms with Gasteiger partial charge in [0.2, 0.25) is 5.82 Å². The molecular formula is C22H26N8O. The Hall–Kier alpha value is -3.88. The maximum absolute atomic E-state index is 5.33. The van der Waals surface area contributed by atoms with Gasteiger partial charge in [-0.25, -0.2) is 9.67 Å². The molecule has 0 aliphatic heterocycles. The molecule has 0 aliphatic rings. The monoisotopic (exact) mass is 418 g/mol. The Balaban J connectivity index is 1.36. The second-order valence-electron chi connectivity index (χ2n) is 7.05. The number of guanidine groups is 1. The van der Waals surface area contributed by atoms with Gasteiger partial charge in [0.15, 0.2) is 11.7 Å². The Morgan fingerprint density at radius 3 is 2.87 bits per heavy atom. The highest BCUT2D eigenvalue weighted by Gasteiger charge is 2.10. The molecular weight excluding hydrogens is 392 g/mol. The molecule has 0 aliphatic carbocycles. The van der Waals surface area contributed by atoms with E-state index in [1.165, 1.54) is 0 Å². The van der Waals surface area contributed by atoms with Crippen LogP contribution in [0, 0.1) is 0 Å². The predicted molar refractivity (Wildman–Crippen MR) is 119 cm³/mol. The molecule has 3 aromatic heterocycles. The number of para-hydroxylation sites is 1. The number of furan rings is 1. The minimum Gasteiger partial charge on any atom is -0.461 e. The molecule has 0 fully saturated rings. The molecule has 0 saturated heterocycles. The molecule has 0 radical (unpaired) electrons. The van der Waals surface area contributed by atoms with E-state index in [1.807, 2.05) is 66.6 Å². The largest absolute Gasteiger partial charge is 0.461 e. The number of hydrogen-bond acceptors (Lipinski definition) is 5. The SMILES string of the molecule is CCNC(=NCCc1nc(-c2ccco2)n[nH]1)N(C)Cc1cnn(-c2ccccc2)c1. The van der Waals surface area contributed by atoms with Crippen molar-refractivity contribution in [1.29, 1.82) is 0 Å². The maximum Gasteiger partial charge on any atom is 0.216 e. The second kappa shape index (κ2) is 9.75. The van der Waals surface area contributed by atoms with E-state index in [0.717, 1.165) is 29.6 Å². The Kier molecular flexibility index (Phi) is 6.41. The third-order valence-corrected chi connectivity index (χ3v) is 4.66. The number of aliphatic imine (C=N–C) groups is 1. The van der Waals surface area contributed by atoms with Crippen LogP contribution in [0.4, 0.5) is 0 Å². The number of rotatable bonds is 8. The average molecular weight is 419 g/mol. The van der Waals surface area contributed by atoms with Crippen LogP contribution in [-0.2, 0) is 13.0 Å². The summed E-state index contributed by atoms with van der Waals surface area (Å²) in [4.78, 5) is 11.3. The van der Waals surface area contributed by atoms with Gasteiger partial charge in [0.05, 0.1) is 18.1 Å². The van der Waals surface area contributed by atoms with Crippen molar-refractivity contribution in [2.24, 2.45) is 4.99 Å². The van der Waals surface area contributed by atoms with Gasteiger partial charge < -0.3 is 14.6 Å². The molecule has 3 heterocycles. The summed E-state index contributed by atoms with van der Waals surface area (Å²) in [6.45, 7) is 4.13. The molecule has 160 valence electrons. The van der Waals surface area contributed by atoms with Gasteiger partial charge in [-0.1, -0.05) is 18.2 Å². The third-order valence-electron chi connectivity index (χ3n) is 4.66. The summed E-state index contributed by atoms with van der Waals surface area (Å²) in [5.74, 6) is 2.82. The second-order valence-corrected chi connectivity index (χ2v) is 7.05. The maximum atomic E-state index is 5.33. The van der Waals surface area contributed by atoms with Gasteiger partial charge in [0.1, 0.15) is 5.82 Å². The van der Waals surface area contributed by atoms with Crippen molar-refractivity contribution in [1.82, 2.24) is 35.2 Å². The number of benzene rings is 1. The van der Waals surface area contributed by atoms with E-state index in [4.69, 9.17) is 9.41 Å². The highest BCUT2D eigenvalue weighted by atomic mass is 16.3. The van der Waals surface area contributed by atoms with Crippen LogP contribution in [0.1, 0.15) is 18.3 Å². The summed E-state index contributed by atoms with van der Waals surface area (Å²) < 4.78 is 7.21. The highest BCUT2D eigenvalue weighted by Crippen LogP contribution is 2.14. The minimum atomic E-state index is 0.559. The van der Waals surface area contributed by atoms with E-state index in [-0.39, 0.29) is 0 Å². The van der Waals surface area contributed by atoms with Crippen LogP contribution in [0.2, 0.25) is 0 Å². The molecule has 0 atom stereocenters. The number of hydrogen-bond donors (Lipinski definition) is 2. The van der Waals surface area contributed by atoms with E-state index >= 15 is 0 Å². The molecule has 2 N–H and O–H groups in total. The predicted octanol–water partition coefficient (Wildman–Crippen LogP) is 2.89. The quantitative estimate of drug-likeness (QED) is 0.337. The molecule has 0 bridgehead atoms. The molecule has 0 spiro atoms. The van der Waals surface area contributed by atoms with Crippen molar-refractivity contribution in [3.05, 3.63) is 72.5 Å². The fourth-order valence-corrected chi connectivity index (χ4v) is 3.17. The van der Waals surface area contributed by atoms with Crippen LogP contribution in [0.25, 0.3) is 17.3 Å². The van der Waals surface area contributed by atoms with Crippen LogP contribution in [0.3, 0.4) is 0 Å². The summed E-state index contributed by atoms with van der Waals surface area (Å²) in [6.07, 6.45) is 6.19. The topological polar surface area (TPSA) is 100 Å². The standard InChI is InChI=1S/C22H26N8O/c1-3-23-22(24-12-11-20-26-21(28-27-20)19-10-7-13-31-19)29(2)15-17-14-25-30(16-17)18-8-5-4-6-9-18/h4-10,13-14,16H,3,11-12,15H2,1-2H3,(H,23,24)(H,26,27,28). The van der Waals surface area contributed by atoms with Crippen molar-refractivity contribution >= 4 is 5.96 Å². The number of aromatic nitrogens is 5. The number of H-pyrrole nitrogens is 1. The lowest BCUT2D eigenvalue weighted by molar-refractivity contribution is 0.477. The third kappa shape index (κ3) is 5.19. The first kappa shape index (κ1) is 20.4. The Labute approximate surface area is 180 Å². The van der Waals surface area contributed by atoms with Crippen LogP contribution in [0.5, 0.6) is 0 Å². The lowest BCUT2D eigenvalue weighted by atomic mass is 10.3. The van der Waals surface area contributed by atoms with Gasteiger partial charge in [-0.05, 0) is 31.2 Å². The zero-order chi connectivity index (χ0) is 21.5. The molecule has 0 saturated carbocycles. The zero-order valence-electron chi connectivity index (χ0n) is 17.7. The first-order chi connectivity index (χ1) is 15.2. The molecule has 4 rings (SSSR count). The van der Waals surface area contributed by atoms with E-state index < -0.39 is 0 Å². The molecule has 9 nitrogen and oxygen atoms in total. The normalized spacial score (nSPS) is 11.6. The lowest BCUT2D eigenvalue weighted by Gasteiger charge is -2.21. The van der Waals surface area contributed by atoms with Crippen LogP contribution >= 0.6 is 0 Å². The summed E-state index contributed by atoms with van der Waals surface area (Å²) in [5.41, 5.74) is 2.15. The van der Waals surface area contributed by atoms with E-state index in [0.29, 0.717) is 31.1 Å². The average Bonchev–Trinajstić information content (AvgIpc) is 3.55. The van der Waals surface area contributed by atoms with E-state index in [1.54, 1.807) is 6.26 Å². The molecule has 1 aromatic carbocycles.